The molecule has 21 heavy (non-hydrogen) atoms. The Balaban J connectivity index is 1.73. The molecule has 1 N–H and O–H groups in total. The Bertz CT molecular complexity index is 569. The van der Waals surface area contributed by atoms with Crippen LogP contribution in [-0.2, 0) is 6.42 Å². The molecule has 0 spiro atoms. The molecule has 0 amide bonds. The summed E-state index contributed by atoms with van der Waals surface area (Å²) in [6.45, 7) is 5.61. The summed E-state index contributed by atoms with van der Waals surface area (Å²) in [6.07, 6.45) is 1.14. The van der Waals surface area contributed by atoms with Crippen LogP contribution in [0.4, 0.5) is 0 Å². The van der Waals surface area contributed by atoms with Crippen LogP contribution in [0.15, 0.2) is 29.6 Å². The molecule has 1 saturated heterocycles. The van der Waals surface area contributed by atoms with Gasteiger partial charge in [0.15, 0.2) is 0 Å². The van der Waals surface area contributed by atoms with E-state index in [2.05, 4.69) is 48.8 Å². The number of thioether (sulfide) groups is 1. The average Bonchev–Trinajstić information content (AvgIpc) is 2.98. The van der Waals surface area contributed by atoms with E-state index in [4.69, 9.17) is 4.98 Å². The second-order valence-corrected chi connectivity index (χ2v) is 7.99. The third-order valence-corrected chi connectivity index (χ3v) is 5.66. The van der Waals surface area contributed by atoms with E-state index in [0.29, 0.717) is 12.0 Å². The summed E-state index contributed by atoms with van der Waals surface area (Å²) in [5.41, 5.74) is 3.76. The Morgan fingerprint density at radius 3 is 2.76 bits per heavy atom. The zero-order valence-electron chi connectivity index (χ0n) is 12.6. The van der Waals surface area contributed by atoms with Gasteiger partial charge in [0.25, 0.3) is 0 Å². The molecule has 1 aliphatic heterocycles. The molecule has 1 aromatic carbocycles. The Morgan fingerprint density at radius 1 is 1.29 bits per heavy atom. The highest BCUT2D eigenvalue weighted by Crippen LogP contribution is 2.29. The number of benzene rings is 1. The summed E-state index contributed by atoms with van der Waals surface area (Å²) in [5, 5.41) is 6.97. The first-order chi connectivity index (χ1) is 10.2. The number of hydrogen-bond donors (Lipinski definition) is 1. The van der Waals surface area contributed by atoms with E-state index in [1.807, 2.05) is 11.8 Å². The molecule has 4 heteroatoms. The van der Waals surface area contributed by atoms with E-state index >= 15 is 0 Å². The average molecular weight is 319 g/mol. The van der Waals surface area contributed by atoms with Crippen LogP contribution in [0.2, 0.25) is 0 Å². The maximum Gasteiger partial charge on any atom is 0.111 e. The number of nitrogens with zero attached hydrogens (tertiary/aromatic N) is 1. The first-order valence-electron chi connectivity index (χ1n) is 7.58. The highest BCUT2D eigenvalue weighted by atomic mass is 32.2. The fourth-order valence-corrected chi connectivity index (χ4v) is 4.54. The van der Waals surface area contributed by atoms with Crippen molar-refractivity contribution >= 4 is 23.1 Å². The van der Waals surface area contributed by atoms with Crippen molar-refractivity contribution in [1.29, 1.82) is 0 Å². The minimum Gasteiger partial charge on any atom is -0.306 e. The van der Waals surface area contributed by atoms with E-state index in [1.165, 1.54) is 21.9 Å². The first-order valence-corrected chi connectivity index (χ1v) is 9.61. The molecule has 112 valence electrons. The van der Waals surface area contributed by atoms with Crippen LogP contribution in [0.1, 0.15) is 30.5 Å². The van der Waals surface area contributed by atoms with Crippen molar-refractivity contribution in [3.8, 4) is 11.3 Å². The molecule has 1 aliphatic rings. The highest BCUT2D eigenvalue weighted by Gasteiger charge is 2.18. The Morgan fingerprint density at radius 2 is 2.10 bits per heavy atom. The number of nitrogens with one attached hydrogen (secondary N) is 1. The summed E-state index contributed by atoms with van der Waals surface area (Å²) in [6, 6.07) is 9.33. The van der Waals surface area contributed by atoms with E-state index < -0.39 is 0 Å². The van der Waals surface area contributed by atoms with Gasteiger partial charge in [0.05, 0.1) is 11.7 Å². The molecule has 0 saturated carbocycles. The van der Waals surface area contributed by atoms with Crippen molar-refractivity contribution in [3.63, 3.8) is 0 Å². The molecule has 2 nitrogen and oxygen atoms in total. The molecule has 0 bridgehead atoms. The van der Waals surface area contributed by atoms with Crippen LogP contribution in [0.25, 0.3) is 11.3 Å². The van der Waals surface area contributed by atoms with Gasteiger partial charge in [-0.25, -0.2) is 4.98 Å². The second kappa shape index (κ2) is 6.95. The summed E-state index contributed by atoms with van der Waals surface area (Å²) >= 11 is 3.79. The minimum absolute atomic E-state index is 0.433. The standard InChI is InChI=1S/C17H22N2S2/c1-12(2)9-13-3-5-14(6-4-13)15-11-21-17(19-15)16-10-20-8-7-18-16/h3-6,11-12,16,18H,7-10H2,1-2H3. The van der Waals surface area contributed by atoms with Crippen molar-refractivity contribution in [1.82, 2.24) is 10.3 Å². The highest BCUT2D eigenvalue weighted by molar-refractivity contribution is 7.99. The topological polar surface area (TPSA) is 24.9 Å². The lowest BCUT2D eigenvalue weighted by Gasteiger charge is -2.20. The van der Waals surface area contributed by atoms with Crippen LogP contribution < -0.4 is 5.32 Å². The summed E-state index contributed by atoms with van der Waals surface area (Å²) in [7, 11) is 0. The maximum atomic E-state index is 4.84. The van der Waals surface area contributed by atoms with E-state index in [1.54, 1.807) is 11.3 Å². The van der Waals surface area contributed by atoms with Gasteiger partial charge in [-0.15, -0.1) is 11.3 Å². The normalized spacial score (nSPS) is 19.1. The summed E-state index contributed by atoms with van der Waals surface area (Å²) < 4.78 is 0. The Labute approximate surface area is 135 Å². The second-order valence-electron chi connectivity index (χ2n) is 5.95. The van der Waals surface area contributed by atoms with Gasteiger partial charge in [-0.3, -0.25) is 0 Å². The lowest BCUT2D eigenvalue weighted by atomic mass is 10.0. The van der Waals surface area contributed by atoms with Crippen LogP contribution in [0, 0.1) is 5.92 Å². The molecular weight excluding hydrogens is 296 g/mol. The molecule has 2 heterocycles. The largest absolute Gasteiger partial charge is 0.306 e. The molecule has 1 aromatic heterocycles. The number of aromatic nitrogens is 1. The van der Waals surface area contributed by atoms with Gasteiger partial charge < -0.3 is 5.32 Å². The SMILES string of the molecule is CC(C)Cc1ccc(-c2csc(C3CSCCN3)n2)cc1. The molecular formula is C17H22N2S2. The fourth-order valence-electron chi connectivity index (χ4n) is 2.59. The van der Waals surface area contributed by atoms with Gasteiger partial charge in [0, 0.05) is 29.0 Å². The van der Waals surface area contributed by atoms with Crippen LogP contribution in [0.5, 0.6) is 0 Å². The lowest BCUT2D eigenvalue weighted by Crippen LogP contribution is -2.30. The zero-order chi connectivity index (χ0) is 14.7. The fraction of sp³-hybridized carbons (Fsp3) is 0.471. The molecule has 2 aromatic rings. The summed E-state index contributed by atoms with van der Waals surface area (Å²) in [5.74, 6) is 3.06. The van der Waals surface area contributed by atoms with Gasteiger partial charge >= 0.3 is 0 Å². The Kier molecular flexibility index (Phi) is 4.99. The number of hydrogen-bond acceptors (Lipinski definition) is 4. The first kappa shape index (κ1) is 15.1. The Hall–Kier alpha value is -0.840. The third kappa shape index (κ3) is 3.87. The van der Waals surface area contributed by atoms with Crippen molar-refractivity contribution in [2.75, 3.05) is 18.1 Å². The minimum atomic E-state index is 0.433. The van der Waals surface area contributed by atoms with E-state index in [-0.39, 0.29) is 0 Å². The van der Waals surface area contributed by atoms with E-state index in [0.717, 1.165) is 24.4 Å². The third-order valence-electron chi connectivity index (χ3n) is 3.64. The molecule has 0 aliphatic carbocycles. The predicted octanol–water partition coefficient (Wildman–Crippen LogP) is 4.39. The number of thiazole rings is 1. The smallest absolute Gasteiger partial charge is 0.111 e. The predicted molar refractivity (Wildman–Crippen MR) is 94.2 cm³/mol. The summed E-state index contributed by atoms with van der Waals surface area (Å²) in [4.78, 5) is 4.84. The monoisotopic (exact) mass is 318 g/mol. The lowest BCUT2D eigenvalue weighted by molar-refractivity contribution is 0.592. The zero-order valence-corrected chi connectivity index (χ0v) is 14.3. The van der Waals surface area contributed by atoms with Gasteiger partial charge in [-0.1, -0.05) is 38.1 Å². The van der Waals surface area contributed by atoms with Crippen molar-refractivity contribution in [2.24, 2.45) is 5.92 Å². The van der Waals surface area contributed by atoms with Crippen molar-refractivity contribution < 1.29 is 0 Å². The van der Waals surface area contributed by atoms with Crippen molar-refractivity contribution in [2.45, 2.75) is 26.3 Å². The molecule has 1 fully saturated rings. The van der Waals surface area contributed by atoms with Gasteiger partial charge in [0.1, 0.15) is 5.01 Å². The molecule has 1 atom stereocenters. The maximum absolute atomic E-state index is 4.84. The van der Waals surface area contributed by atoms with Gasteiger partial charge in [-0.05, 0) is 17.9 Å². The van der Waals surface area contributed by atoms with Gasteiger partial charge in [0.2, 0.25) is 0 Å². The van der Waals surface area contributed by atoms with Crippen LogP contribution >= 0.6 is 23.1 Å². The molecule has 0 radical (unpaired) electrons. The quantitative estimate of drug-likeness (QED) is 0.905. The molecule has 3 rings (SSSR count). The van der Waals surface area contributed by atoms with E-state index in [9.17, 15) is 0 Å². The molecule has 1 unspecified atom stereocenters. The van der Waals surface area contributed by atoms with Crippen LogP contribution in [-0.4, -0.2) is 23.0 Å². The van der Waals surface area contributed by atoms with Crippen LogP contribution in [0.3, 0.4) is 0 Å². The number of rotatable bonds is 4. The van der Waals surface area contributed by atoms with Crippen molar-refractivity contribution in [3.05, 3.63) is 40.2 Å². The van der Waals surface area contributed by atoms with Gasteiger partial charge in [-0.2, -0.15) is 11.8 Å².